The van der Waals surface area contributed by atoms with Crippen molar-refractivity contribution in [3.63, 3.8) is 0 Å². The molecule has 1 aliphatic carbocycles. The maximum Gasteiger partial charge on any atom is 0.274 e. The summed E-state index contributed by atoms with van der Waals surface area (Å²) in [5, 5.41) is 7.65. The fourth-order valence-electron chi connectivity index (χ4n) is 5.50. The number of carbonyl (C=O) groups excluding carboxylic acids is 2. The zero-order valence-corrected chi connectivity index (χ0v) is 21.7. The maximum atomic E-state index is 14.0. The van der Waals surface area contributed by atoms with E-state index in [4.69, 9.17) is 4.52 Å². The summed E-state index contributed by atoms with van der Waals surface area (Å²) in [6, 6.07) is 6.24. The Morgan fingerprint density at radius 3 is 2.83 bits per heavy atom. The first-order valence-corrected chi connectivity index (χ1v) is 13.1. The topological polar surface area (TPSA) is 91.6 Å². The van der Waals surface area contributed by atoms with Crippen LogP contribution in [0.4, 0.5) is 9.52 Å². The highest BCUT2D eigenvalue weighted by Crippen LogP contribution is 2.44. The monoisotopic (exact) mass is 511 g/mol. The van der Waals surface area contributed by atoms with Crippen LogP contribution >= 0.6 is 11.3 Å². The molecule has 0 unspecified atom stereocenters. The Morgan fingerprint density at radius 2 is 2.11 bits per heavy atom. The van der Waals surface area contributed by atoms with Gasteiger partial charge in [0.1, 0.15) is 22.8 Å². The largest absolute Gasteiger partial charge is 0.360 e. The first kappa shape index (κ1) is 24.4. The average molecular weight is 512 g/mol. The Balaban J connectivity index is 1.43. The van der Waals surface area contributed by atoms with Crippen molar-refractivity contribution in [2.24, 2.45) is 5.92 Å². The Hall–Kier alpha value is -3.27. The van der Waals surface area contributed by atoms with Crippen LogP contribution in [0.5, 0.6) is 0 Å². The molecule has 1 N–H and O–H groups in total. The van der Waals surface area contributed by atoms with E-state index in [1.54, 1.807) is 19.1 Å². The molecular formula is C26H30FN5O3S. The number of anilines is 1. The summed E-state index contributed by atoms with van der Waals surface area (Å²) < 4.78 is 19.3. The quantitative estimate of drug-likeness (QED) is 0.509. The van der Waals surface area contributed by atoms with E-state index in [9.17, 15) is 14.0 Å². The molecule has 1 aliphatic heterocycles. The fourth-order valence-corrected chi connectivity index (χ4v) is 6.48. The number of likely N-dealkylation sites (tertiary alicyclic amines) is 1. The Kier molecular flexibility index (Phi) is 6.55. The third-order valence-electron chi connectivity index (χ3n) is 7.22. The van der Waals surface area contributed by atoms with Crippen molar-refractivity contribution in [1.29, 1.82) is 0 Å². The summed E-state index contributed by atoms with van der Waals surface area (Å²) in [6.07, 6.45) is 3.45. The number of benzene rings is 1. The minimum atomic E-state index is -0.359. The normalized spacial score (nSPS) is 20.7. The van der Waals surface area contributed by atoms with Gasteiger partial charge in [-0.15, -0.1) is 0 Å². The van der Waals surface area contributed by atoms with Crippen LogP contribution in [0.15, 0.2) is 28.8 Å². The second-order valence-electron chi connectivity index (χ2n) is 9.72. The third kappa shape index (κ3) is 4.27. The molecule has 2 aromatic heterocycles. The molecule has 2 bridgehead atoms. The van der Waals surface area contributed by atoms with E-state index < -0.39 is 0 Å². The SMILES string of the molecule is CCc1onc(C)c1C(=O)NC[C@@H]1[C@H]2CC[C@H](C2)N1C(=O)c1nc(N(C)C)sc1-c1cccc(F)c1. The van der Waals surface area contributed by atoms with Gasteiger partial charge >= 0.3 is 0 Å². The molecule has 0 spiro atoms. The summed E-state index contributed by atoms with van der Waals surface area (Å²) in [5.74, 6) is 0.120. The van der Waals surface area contributed by atoms with Gasteiger partial charge in [0.2, 0.25) is 0 Å². The number of carbonyl (C=O) groups is 2. The number of halogens is 1. The second kappa shape index (κ2) is 9.65. The van der Waals surface area contributed by atoms with Crippen LogP contribution in [0.25, 0.3) is 10.4 Å². The molecule has 0 radical (unpaired) electrons. The summed E-state index contributed by atoms with van der Waals surface area (Å²) in [5.41, 5.74) is 2.00. The lowest BCUT2D eigenvalue weighted by atomic mass is 9.97. The van der Waals surface area contributed by atoms with Gasteiger partial charge in [-0.05, 0) is 49.8 Å². The van der Waals surface area contributed by atoms with Gasteiger partial charge in [0.05, 0.1) is 16.6 Å². The summed E-state index contributed by atoms with van der Waals surface area (Å²) in [6.45, 7) is 4.02. The minimum Gasteiger partial charge on any atom is -0.360 e. The molecule has 1 saturated heterocycles. The van der Waals surface area contributed by atoms with Crippen molar-refractivity contribution in [2.45, 2.75) is 51.6 Å². The van der Waals surface area contributed by atoms with Crippen LogP contribution in [0, 0.1) is 18.7 Å². The first-order valence-electron chi connectivity index (χ1n) is 12.3. The number of nitrogens with one attached hydrogen (secondary N) is 1. The van der Waals surface area contributed by atoms with E-state index in [-0.39, 0.29) is 29.7 Å². The highest BCUT2D eigenvalue weighted by Gasteiger charge is 2.49. The molecule has 5 rings (SSSR count). The van der Waals surface area contributed by atoms with Crippen molar-refractivity contribution in [3.05, 3.63) is 52.8 Å². The zero-order chi connectivity index (χ0) is 25.6. The van der Waals surface area contributed by atoms with Crippen LogP contribution in [-0.4, -0.2) is 59.6 Å². The van der Waals surface area contributed by atoms with Crippen LogP contribution in [0.1, 0.15) is 58.5 Å². The van der Waals surface area contributed by atoms with E-state index in [1.807, 2.05) is 30.8 Å². The maximum absolute atomic E-state index is 14.0. The van der Waals surface area contributed by atoms with Crippen LogP contribution < -0.4 is 10.2 Å². The van der Waals surface area contributed by atoms with Crippen molar-refractivity contribution >= 4 is 28.3 Å². The van der Waals surface area contributed by atoms with E-state index in [1.165, 1.54) is 23.5 Å². The van der Waals surface area contributed by atoms with Gasteiger partial charge in [-0.2, -0.15) is 0 Å². The molecule has 3 aromatic rings. The Morgan fingerprint density at radius 1 is 1.31 bits per heavy atom. The molecule has 1 aromatic carbocycles. The number of hydrogen-bond donors (Lipinski definition) is 1. The highest BCUT2D eigenvalue weighted by molar-refractivity contribution is 7.19. The van der Waals surface area contributed by atoms with Crippen molar-refractivity contribution in [2.75, 3.05) is 25.5 Å². The standard InChI is InChI=1S/C26H30FN5O3S/c1-5-20-21(14(2)30-35-20)24(33)28-13-19-15-9-10-18(12-15)32(19)25(34)22-23(36-26(29-22)31(3)4)16-7-6-8-17(27)11-16/h6-8,11,15,18-19H,5,9-10,12-13H2,1-4H3,(H,28,33)/t15-,18+,19+/m0/s1. The number of fused-ring (bicyclic) bond motifs is 2. The summed E-state index contributed by atoms with van der Waals surface area (Å²) in [7, 11) is 3.74. The molecule has 3 atom stereocenters. The smallest absolute Gasteiger partial charge is 0.274 e. The molecule has 2 fully saturated rings. The van der Waals surface area contributed by atoms with Crippen molar-refractivity contribution < 1.29 is 18.5 Å². The number of aromatic nitrogens is 2. The minimum absolute atomic E-state index is 0.109. The highest BCUT2D eigenvalue weighted by atomic mass is 32.1. The number of piperidine rings is 1. The second-order valence-corrected chi connectivity index (χ2v) is 10.7. The molecule has 190 valence electrons. The molecule has 10 heteroatoms. The van der Waals surface area contributed by atoms with Gasteiger partial charge in [0.15, 0.2) is 5.13 Å². The van der Waals surface area contributed by atoms with E-state index >= 15 is 0 Å². The lowest BCUT2D eigenvalue weighted by molar-refractivity contribution is 0.0577. The lowest BCUT2D eigenvalue weighted by Crippen LogP contribution is -2.50. The van der Waals surface area contributed by atoms with E-state index in [0.29, 0.717) is 57.2 Å². The molecule has 2 aliphatic rings. The number of nitrogens with zero attached hydrogens (tertiary/aromatic N) is 4. The van der Waals surface area contributed by atoms with Crippen molar-refractivity contribution in [1.82, 2.24) is 20.4 Å². The van der Waals surface area contributed by atoms with Gasteiger partial charge in [0.25, 0.3) is 11.8 Å². The number of rotatable bonds is 7. The average Bonchev–Trinajstić information content (AvgIpc) is 3.64. The van der Waals surface area contributed by atoms with Crippen LogP contribution in [-0.2, 0) is 6.42 Å². The van der Waals surface area contributed by atoms with Gasteiger partial charge in [-0.3, -0.25) is 9.59 Å². The number of thiazole rings is 1. The Labute approximate surface area is 213 Å². The molecule has 1 saturated carbocycles. The number of hydrogen-bond acceptors (Lipinski definition) is 7. The van der Waals surface area contributed by atoms with E-state index in [0.717, 1.165) is 19.3 Å². The van der Waals surface area contributed by atoms with Crippen LogP contribution in [0.3, 0.4) is 0 Å². The predicted octanol–water partition coefficient (Wildman–Crippen LogP) is 4.30. The third-order valence-corrected chi connectivity index (χ3v) is 8.49. The molecule has 8 nitrogen and oxygen atoms in total. The summed E-state index contributed by atoms with van der Waals surface area (Å²) in [4.78, 5) is 36.1. The molecule has 36 heavy (non-hydrogen) atoms. The molecule has 3 heterocycles. The fraction of sp³-hybridized carbons (Fsp3) is 0.462. The van der Waals surface area contributed by atoms with Crippen LogP contribution in [0.2, 0.25) is 0 Å². The number of aryl methyl sites for hydroxylation is 2. The predicted molar refractivity (Wildman–Crippen MR) is 136 cm³/mol. The van der Waals surface area contributed by atoms with Gasteiger partial charge < -0.3 is 19.6 Å². The van der Waals surface area contributed by atoms with Gasteiger partial charge in [-0.1, -0.05) is 35.5 Å². The lowest BCUT2D eigenvalue weighted by Gasteiger charge is -2.35. The summed E-state index contributed by atoms with van der Waals surface area (Å²) >= 11 is 1.37. The van der Waals surface area contributed by atoms with Crippen molar-refractivity contribution in [3.8, 4) is 10.4 Å². The molecule has 2 amide bonds. The number of amides is 2. The first-order chi connectivity index (χ1) is 17.3. The van der Waals surface area contributed by atoms with E-state index in [2.05, 4.69) is 15.5 Å². The van der Waals surface area contributed by atoms with Gasteiger partial charge in [0, 0.05) is 33.1 Å². The zero-order valence-electron chi connectivity index (χ0n) is 20.9. The van der Waals surface area contributed by atoms with Gasteiger partial charge in [-0.25, -0.2) is 9.37 Å². The Bertz CT molecular complexity index is 1300. The molecular weight excluding hydrogens is 481 g/mol.